The molecule has 22 heavy (non-hydrogen) atoms. The van der Waals surface area contributed by atoms with Crippen LogP contribution in [0, 0.1) is 0 Å². The zero-order valence-electron chi connectivity index (χ0n) is 12.2. The molecule has 0 heterocycles. The van der Waals surface area contributed by atoms with Gasteiger partial charge in [0.25, 0.3) is 0 Å². The summed E-state index contributed by atoms with van der Waals surface area (Å²) < 4.78 is 5.21. The second kappa shape index (κ2) is 4.85. The predicted molar refractivity (Wildman–Crippen MR) is 89.3 cm³/mol. The fraction of sp³-hybridized carbons (Fsp3) is 0.0500. The number of hydrogen-bond acceptors (Lipinski definition) is 2. The minimum atomic E-state index is 0.0790. The molecule has 1 aliphatic carbocycles. The third kappa shape index (κ3) is 1.92. The highest BCUT2D eigenvalue weighted by molar-refractivity contribution is 6.20. The highest BCUT2D eigenvalue weighted by Gasteiger charge is 2.15. The standard InChI is InChI=1S/C20H14O2/c1-22-17-8-5-13(6-9-17)16-11-14-3-2-4-18-19(21)10-7-15(12-16)20(14)18/h2-12H,1H3. The van der Waals surface area contributed by atoms with Crippen LogP contribution in [0.2, 0.25) is 0 Å². The average Bonchev–Trinajstić information content (AvgIpc) is 2.58. The van der Waals surface area contributed by atoms with Crippen molar-refractivity contribution in [2.75, 3.05) is 7.11 Å². The quantitative estimate of drug-likeness (QED) is 0.681. The summed E-state index contributed by atoms with van der Waals surface area (Å²) in [7, 11) is 1.67. The van der Waals surface area contributed by atoms with E-state index in [4.69, 9.17) is 4.74 Å². The van der Waals surface area contributed by atoms with Crippen molar-refractivity contribution in [3.05, 3.63) is 71.8 Å². The van der Waals surface area contributed by atoms with E-state index in [0.717, 1.165) is 38.8 Å². The number of ketones is 1. The van der Waals surface area contributed by atoms with Crippen LogP contribution in [0.3, 0.4) is 0 Å². The molecule has 0 radical (unpaired) electrons. The van der Waals surface area contributed by atoms with Crippen LogP contribution in [-0.2, 0) is 0 Å². The summed E-state index contributed by atoms with van der Waals surface area (Å²) in [6, 6.07) is 18.2. The first kappa shape index (κ1) is 12.8. The minimum absolute atomic E-state index is 0.0790. The minimum Gasteiger partial charge on any atom is -0.497 e. The number of benzene rings is 3. The largest absolute Gasteiger partial charge is 0.497 e. The maximum atomic E-state index is 12.0. The molecule has 2 heteroatoms. The lowest BCUT2D eigenvalue weighted by Gasteiger charge is -2.14. The van der Waals surface area contributed by atoms with Crippen LogP contribution in [-0.4, -0.2) is 12.9 Å². The van der Waals surface area contributed by atoms with Crippen molar-refractivity contribution in [3.63, 3.8) is 0 Å². The van der Waals surface area contributed by atoms with E-state index in [1.807, 2.05) is 42.5 Å². The van der Waals surface area contributed by atoms with Gasteiger partial charge < -0.3 is 4.74 Å². The van der Waals surface area contributed by atoms with E-state index < -0.39 is 0 Å². The van der Waals surface area contributed by atoms with Gasteiger partial charge in [0.1, 0.15) is 5.75 Å². The maximum Gasteiger partial charge on any atom is 0.186 e. The highest BCUT2D eigenvalue weighted by Crippen LogP contribution is 2.33. The van der Waals surface area contributed by atoms with Crippen LogP contribution in [0.4, 0.5) is 0 Å². The lowest BCUT2D eigenvalue weighted by Crippen LogP contribution is -2.01. The Morgan fingerprint density at radius 1 is 0.864 bits per heavy atom. The average molecular weight is 286 g/mol. The molecule has 4 rings (SSSR count). The molecule has 3 aromatic rings. The molecule has 0 bridgehead atoms. The second-order valence-corrected chi connectivity index (χ2v) is 5.40. The van der Waals surface area contributed by atoms with Gasteiger partial charge in [-0.05, 0) is 52.4 Å². The topological polar surface area (TPSA) is 26.3 Å². The molecule has 0 aromatic heterocycles. The Morgan fingerprint density at radius 3 is 2.45 bits per heavy atom. The Morgan fingerprint density at radius 2 is 1.68 bits per heavy atom. The van der Waals surface area contributed by atoms with Crippen molar-refractivity contribution in [2.45, 2.75) is 0 Å². The number of allylic oxidation sites excluding steroid dienone is 1. The maximum absolute atomic E-state index is 12.0. The fourth-order valence-electron chi connectivity index (χ4n) is 3.00. The lowest BCUT2D eigenvalue weighted by atomic mass is 9.89. The molecule has 3 aromatic carbocycles. The van der Waals surface area contributed by atoms with Crippen LogP contribution in [0.5, 0.6) is 5.75 Å². The van der Waals surface area contributed by atoms with Gasteiger partial charge in [0.2, 0.25) is 0 Å². The molecule has 0 N–H and O–H groups in total. The van der Waals surface area contributed by atoms with Gasteiger partial charge in [-0.25, -0.2) is 0 Å². The third-order valence-electron chi connectivity index (χ3n) is 4.11. The number of methoxy groups -OCH3 is 1. The normalized spacial score (nSPS) is 12.7. The second-order valence-electron chi connectivity index (χ2n) is 5.40. The van der Waals surface area contributed by atoms with Gasteiger partial charge in [0.15, 0.2) is 5.78 Å². The van der Waals surface area contributed by atoms with E-state index in [2.05, 4.69) is 18.2 Å². The molecule has 0 spiro atoms. The summed E-state index contributed by atoms with van der Waals surface area (Å²) >= 11 is 0. The molecule has 2 nitrogen and oxygen atoms in total. The summed E-state index contributed by atoms with van der Waals surface area (Å²) in [5.74, 6) is 0.925. The number of carbonyl (C=O) groups is 1. The molecule has 0 amide bonds. The monoisotopic (exact) mass is 286 g/mol. The van der Waals surface area contributed by atoms with E-state index >= 15 is 0 Å². The van der Waals surface area contributed by atoms with Gasteiger partial charge in [0.05, 0.1) is 7.11 Å². The summed E-state index contributed by atoms with van der Waals surface area (Å²) in [5.41, 5.74) is 4.16. The zero-order valence-corrected chi connectivity index (χ0v) is 12.2. The summed E-state index contributed by atoms with van der Waals surface area (Å²) in [6.45, 7) is 0. The van der Waals surface area contributed by atoms with Gasteiger partial charge in [-0.2, -0.15) is 0 Å². The Balaban J connectivity index is 1.94. The van der Waals surface area contributed by atoms with Crippen LogP contribution < -0.4 is 4.74 Å². The van der Waals surface area contributed by atoms with Crippen molar-refractivity contribution < 1.29 is 9.53 Å². The first-order chi connectivity index (χ1) is 10.8. The number of rotatable bonds is 2. The lowest BCUT2D eigenvalue weighted by molar-refractivity contribution is 0.104. The van der Waals surface area contributed by atoms with Crippen LogP contribution in [0.15, 0.2) is 60.7 Å². The van der Waals surface area contributed by atoms with E-state index in [0.29, 0.717) is 0 Å². The molecule has 0 saturated carbocycles. The molecule has 0 aliphatic heterocycles. The van der Waals surface area contributed by atoms with E-state index in [-0.39, 0.29) is 5.78 Å². The van der Waals surface area contributed by atoms with Gasteiger partial charge in [-0.3, -0.25) is 4.79 Å². The first-order valence-corrected chi connectivity index (χ1v) is 7.20. The van der Waals surface area contributed by atoms with E-state index in [1.54, 1.807) is 13.2 Å². The van der Waals surface area contributed by atoms with Crippen molar-refractivity contribution in [2.24, 2.45) is 0 Å². The Hall–Kier alpha value is -2.87. The van der Waals surface area contributed by atoms with Crippen molar-refractivity contribution in [1.29, 1.82) is 0 Å². The predicted octanol–water partition coefficient (Wildman–Crippen LogP) is 4.72. The van der Waals surface area contributed by atoms with Crippen LogP contribution in [0.25, 0.3) is 28.0 Å². The van der Waals surface area contributed by atoms with Gasteiger partial charge in [-0.15, -0.1) is 0 Å². The molecule has 0 saturated heterocycles. The van der Waals surface area contributed by atoms with Gasteiger partial charge >= 0.3 is 0 Å². The number of hydrogen-bond donors (Lipinski definition) is 0. The zero-order chi connectivity index (χ0) is 15.1. The van der Waals surface area contributed by atoms with E-state index in [1.165, 1.54) is 0 Å². The number of carbonyl (C=O) groups excluding carboxylic acids is 1. The molecule has 0 unspecified atom stereocenters. The van der Waals surface area contributed by atoms with Crippen molar-refractivity contribution in [3.8, 4) is 16.9 Å². The molecular weight excluding hydrogens is 272 g/mol. The van der Waals surface area contributed by atoms with Gasteiger partial charge in [-0.1, -0.05) is 36.4 Å². The first-order valence-electron chi connectivity index (χ1n) is 7.20. The van der Waals surface area contributed by atoms with Crippen molar-refractivity contribution in [1.82, 2.24) is 0 Å². The molecule has 1 aliphatic rings. The summed E-state index contributed by atoms with van der Waals surface area (Å²) in [5, 5.41) is 2.14. The number of ether oxygens (including phenoxy) is 1. The van der Waals surface area contributed by atoms with Crippen molar-refractivity contribution >= 4 is 22.6 Å². The highest BCUT2D eigenvalue weighted by atomic mass is 16.5. The van der Waals surface area contributed by atoms with Gasteiger partial charge in [0, 0.05) is 10.9 Å². The fourth-order valence-corrected chi connectivity index (χ4v) is 3.00. The molecule has 0 atom stereocenters. The molecule has 106 valence electrons. The molecular formula is C20H14O2. The van der Waals surface area contributed by atoms with E-state index in [9.17, 15) is 4.79 Å². The third-order valence-corrected chi connectivity index (χ3v) is 4.11. The van der Waals surface area contributed by atoms with Crippen LogP contribution in [0.1, 0.15) is 15.9 Å². The Labute approximate surface area is 128 Å². The van der Waals surface area contributed by atoms with Crippen LogP contribution >= 0.6 is 0 Å². The summed E-state index contributed by atoms with van der Waals surface area (Å²) in [4.78, 5) is 12.0. The molecule has 0 fully saturated rings. The summed E-state index contributed by atoms with van der Waals surface area (Å²) in [6.07, 6.45) is 3.56. The smallest absolute Gasteiger partial charge is 0.186 e. The SMILES string of the molecule is COc1ccc(-c2cc3c4c(cccc4c2)C(=O)C=C3)cc1. The Bertz CT molecular complexity index is 918. The Kier molecular flexibility index (Phi) is 2.83.